The molecule has 0 saturated carbocycles. The average Bonchev–Trinajstić information content (AvgIpc) is 2.39. The molecule has 1 aromatic rings. The first-order valence-electron chi connectivity index (χ1n) is 7.29. The lowest BCUT2D eigenvalue weighted by Gasteiger charge is -2.25. The molecule has 7 heteroatoms. The van der Waals surface area contributed by atoms with Gasteiger partial charge in [-0.2, -0.15) is 0 Å². The number of phenolic OH excluding ortho intramolecular Hbond substituents is 1. The highest BCUT2D eigenvalue weighted by atomic mass is 31.2. The second kappa shape index (κ2) is 7.47. The van der Waals surface area contributed by atoms with Crippen LogP contribution in [0.4, 0.5) is 0 Å². The van der Waals surface area contributed by atoms with Crippen molar-refractivity contribution in [1.82, 2.24) is 0 Å². The van der Waals surface area contributed by atoms with Crippen molar-refractivity contribution < 1.29 is 23.5 Å². The SMILES string of the molecule is CCOP(=O)(OCC)[C@@H](N)c1cc(OC(C)(C)C)ccc1O. The first kappa shape index (κ1) is 19.0. The summed E-state index contributed by atoms with van der Waals surface area (Å²) in [5, 5.41) is 10.0. The summed E-state index contributed by atoms with van der Waals surface area (Å²) in [6, 6.07) is 4.65. The van der Waals surface area contributed by atoms with E-state index in [2.05, 4.69) is 0 Å². The van der Waals surface area contributed by atoms with E-state index >= 15 is 0 Å². The third-order valence-electron chi connectivity index (χ3n) is 2.70. The molecule has 0 spiro atoms. The van der Waals surface area contributed by atoms with Crippen LogP contribution in [0.3, 0.4) is 0 Å². The number of ether oxygens (including phenoxy) is 1. The second-order valence-electron chi connectivity index (χ2n) is 5.76. The van der Waals surface area contributed by atoms with Crippen molar-refractivity contribution in [2.24, 2.45) is 5.73 Å². The largest absolute Gasteiger partial charge is 0.508 e. The van der Waals surface area contributed by atoms with E-state index in [1.807, 2.05) is 20.8 Å². The van der Waals surface area contributed by atoms with Crippen LogP contribution in [0.5, 0.6) is 11.5 Å². The Hall–Kier alpha value is -1.07. The summed E-state index contributed by atoms with van der Waals surface area (Å²) in [5.41, 5.74) is 5.92. The van der Waals surface area contributed by atoms with Crippen LogP contribution in [0.1, 0.15) is 46.0 Å². The molecule has 1 atom stereocenters. The number of aromatic hydroxyl groups is 1. The predicted molar refractivity (Wildman–Crippen MR) is 86.3 cm³/mol. The third-order valence-corrected chi connectivity index (χ3v) is 4.90. The topological polar surface area (TPSA) is 91.0 Å². The molecule has 0 aromatic heterocycles. The first-order valence-corrected chi connectivity index (χ1v) is 8.90. The Morgan fingerprint density at radius 1 is 1.23 bits per heavy atom. The summed E-state index contributed by atoms with van der Waals surface area (Å²) in [5.74, 6) is -0.639. The molecule has 0 aliphatic heterocycles. The smallest absolute Gasteiger partial charge is 0.351 e. The summed E-state index contributed by atoms with van der Waals surface area (Å²) in [6.07, 6.45) is 0. The van der Waals surface area contributed by atoms with Crippen LogP contribution in [0.2, 0.25) is 0 Å². The fraction of sp³-hybridized carbons (Fsp3) is 0.600. The van der Waals surface area contributed by atoms with Gasteiger partial charge in [0.1, 0.15) is 22.9 Å². The zero-order valence-corrected chi connectivity index (χ0v) is 14.7. The molecule has 0 fully saturated rings. The van der Waals surface area contributed by atoms with Gasteiger partial charge in [0.2, 0.25) is 0 Å². The standard InChI is InChI=1S/C15H26NO5P/c1-6-19-22(18,20-7-2)14(16)12-10-11(8-9-13(12)17)21-15(3,4)5/h8-10,14,17H,6-7,16H2,1-5H3/t14-/m1/s1. The maximum absolute atomic E-state index is 12.7. The van der Waals surface area contributed by atoms with Gasteiger partial charge in [0.25, 0.3) is 0 Å². The van der Waals surface area contributed by atoms with Gasteiger partial charge < -0.3 is 24.6 Å². The fourth-order valence-corrected chi connectivity index (χ4v) is 3.58. The van der Waals surface area contributed by atoms with Crippen LogP contribution in [0.15, 0.2) is 18.2 Å². The lowest BCUT2D eigenvalue weighted by molar-refractivity contribution is 0.130. The van der Waals surface area contributed by atoms with Gasteiger partial charge >= 0.3 is 7.60 Å². The Bertz CT molecular complexity index is 531. The summed E-state index contributed by atoms with van der Waals surface area (Å²) in [6.45, 7) is 9.53. The van der Waals surface area contributed by atoms with Gasteiger partial charge in [-0.05, 0) is 52.8 Å². The highest BCUT2D eigenvalue weighted by molar-refractivity contribution is 7.54. The van der Waals surface area contributed by atoms with Crippen molar-refractivity contribution in [3.05, 3.63) is 23.8 Å². The number of benzene rings is 1. The molecule has 22 heavy (non-hydrogen) atoms. The molecule has 0 bridgehead atoms. The molecule has 0 unspecified atom stereocenters. The van der Waals surface area contributed by atoms with E-state index in [9.17, 15) is 9.67 Å². The Labute approximate surface area is 132 Å². The molecule has 1 rings (SSSR count). The Balaban J connectivity index is 3.17. The van der Waals surface area contributed by atoms with Crippen LogP contribution >= 0.6 is 7.60 Å². The zero-order chi connectivity index (χ0) is 17.0. The molecular formula is C15H26NO5P. The van der Waals surface area contributed by atoms with E-state index < -0.39 is 19.0 Å². The van der Waals surface area contributed by atoms with Crippen LogP contribution in [0, 0.1) is 0 Å². The third kappa shape index (κ3) is 4.99. The van der Waals surface area contributed by atoms with E-state index in [1.165, 1.54) is 6.07 Å². The minimum absolute atomic E-state index is 0.0756. The van der Waals surface area contributed by atoms with E-state index in [0.29, 0.717) is 5.75 Å². The van der Waals surface area contributed by atoms with E-state index in [0.717, 1.165) is 0 Å². The molecule has 0 radical (unpaired) electrons. The summed E-state index contributed by atoms with van der Waals surface area (Å²) >= 11 is 0. The molecule has 1 aromatic carbocycles. The summed E-state index contributed by atoms with van der Waals surface area (Å²) < 4.78 is 29.0. The number of hydrogen-bond acceptors (Lipinski definition) is 6. The van der Waals surface area contributed by atoms with Crippen LogP contribution in [-0.4, -0.2) is 23.9 Å². The van der Waals surface area contributed by atoms with Gasteiger partial charge in [0.05, 0.1) is 13.2 Å². The highest BCUT2D eigenvalue weighted by Gasteiger charge is 2.35. The average molecular weight is 331 g/mol. The molecule has 3 N–H and O–H groups in total. The van der Waals surface area contributed by atoms with Crippen molar-refractivity contribution in [3.63, 3.8) is 0 Å². The maximum Gasteiger partial charge on any atom is 0.351 e. The highest BCUT2D eigenvalue weighted by Crippen LogP contribution is 2.59. The van der Waals surface area contributed by atoms with Gasteiger partial charge in [0, 0.05) is 5.56 Å². The molecule has 0 aliphatic carbocycles. The zero-order valence-electron chi connectivity index (χ0n) is 13.8. The minimum Gasteiger partial charge on any atom is -0.508 e. The molecule has 0 amide bonds. The van der Waals surface area contributed by atoms with E-state index in [4.69, 9.17) is 19.5 Å². The summed E-state index contributed by atoms with van der Waals surface area (Å²) in [4.78, 5) is 0. The number of hydrogen-bond donors (Lipinski definition) is 2. The van der Waals surface area contributed by atoms with Gasteiger partial charge in [0.15, 0.2) is 0 Å². The van der Waals surface area contributed by atoms with Gasteiger partial charge in [-0.15, -0.1) is 0 Å². The molecule has 0 saturated heterocycles. The predicted octanol–water partition coefficient (Wildman–Crippen LogP) is 3.79. The monoisotopic (exact) mass is 331 g/mol. The second-order valence-corrected chi connectivity index (χ2v) is 7.91. The van der Waals surface area contributed by atoms with Crippen LogP contribution < -0.4 is 10.5 Å². The molecule has 0 heterocycles. The number of rotatable bonds is 7. The van der Waals surface area contributed by atoms with Gasteiger partial charge in [-0.25, -0.2) is 0 Å². The van der Waals surface area contributed by atoms with E-state index in [1.54, 1.807) is 26.0 Å². The fourth-order valence-electron chi connectivity index (χ4n) is 1.91. The minimum atomic E-state index is -3.57. The summed E-state index contributed by atoms with van der Waals surface area (Å²) in [7, 11) is -3.57. The van der Waals surface area contributed by atoms with Crippen LogP contribution in [0.25, 0.3) is 0 Å². The first-order chi connectivity index (χ1) is 10.1. The molecule has 126 valence electrons. The molecule has 0 aliphatic rings. The number of nitrogens with two attached hydrogens (primary N) is 1. The quantitative estimate of drug-likeness (QED) is 0.739. The van der Waals surface area contributed by atoms with Gasteiger partial charge in [-0.1, -0.05) is 0 Å². The van der Waals surface area contributed by atoms with Crippen molar-refractivity contribution in [2.75, 3.05) is 13.2 Å². The lowest BCUT2D eigenvalue weighted by Crippen LogP contribution is -2.23. The Morgan fingerprint density at radius 2 is 1.77 bits per heavy atom. The van der Waals surface area contributed by atoms with Crippen molar-refractivity contribution in [2.45, 2.75) is 46.0 Å². The molecular weight excluding hydrogens is 305 g/mol. The van der Waals surface area contributed by atoms with Gasteiger partial charge in [-0.3, -0.25) is 4.57 Å². The lowest BCUT2D eigenvalue weighted by atomic mass is 10.1. The molecule has 6 nitrogen and oxygen atoms in total. The maximum atomic E-state index is 12.7. The van der Waals surface area contributed by atoms with Crippen LogP contribution in [-0.2, 0) is 13.6 Å². The van der Waals surface area contributed by atoms with E-state index in [-0.39, 0.29) is 24.5 Å². The van der Waals surface area contributed by atoms with Crippen molar-refractivity contribution >= 4 is 7.60 Å². The Morgan fingerprint density at radius 3 is 2.23 bits per heavy atom. The number of phenols is 1. The van der Waals surface area contributed by atoms with Crippen molar-refractivity contribution in [1.29, 1.82) is 0 Å². The normalized spacial score (nSPS) is 13.9. The Kier molecular flexibility index (Phi) is 6.44. The van der Waals surface area contributed by atoms with Crippen molar-refractivity contribution in [3.8, 4) is 11.5 Å².